The summed E-state index contributed by atoms with van der Waals surface area (Å²) >= 11 is 0. The van der Waals surface area contributed by atoms with E-state index in [-0.39, 0.29) is 6.42 Å². The van der Waals surface area contributed by atoms with E-state index >= 15 is 0 Å². The first-order chi connectivity index (χ1) is 11.5. The number of hydrogen-bond acceptors (Lipinski definition) is 7. The standard InChI is InChI=1S/C15H21N5O5/c1-8-6-17-13(23)20(7-8)9-5-15(24,18-19-16)12(25-9)10(21)11(22)14(2,3)4/h6-7,9-10,12,21,24H,5H2,1-4H3/t9-,10?,12-,15+/m1/s1. The number of ketones is 1. The van der Waals surface area contributed by atoms with Crippen molar-refractivity contribution in [1.82, 2.24) is 9.55 Å². The lowest BCUT2D eigenvalue weighted by Gasteiger charge is -2.30. The molecule has 10 nitrogen and oxygen atoms in total. The second-order valence-corrected chi connectivity index (χ2v) is 7.16. The second-order valence-electron chi connectivity index (χ2n) is 7.16. The van der Waals surface area contributed by atoms with Gasteiger partial charge in [-0.1, -0.05) is 25.9 Å². The molecule has 1 unspecified atom stereocenters. The molecule has 4 atom stereocenters. The van der Waals surface area contributed by atoms with Gasteiger partial charge in [0, 0.05) is 29.1 Å². The molecule has 10 heteroatoms. The molecule has 2 N–H and O–H groups in total. The van der Waals surface area contributed by atoms with Gasteiger partial charge in [0.1, 0.15) is 18.4 Å². The number of carbonyl (C=O) groups excluding carboxylic acids is 1. The molecule has 0 saturated carbocycles. The Hall–Kier alpha value is -2.26. The SMILES string of the molecule is Cc1cnc(=O)n([C@H]2C[C@@](O)(N=[N+]=[N-])[C@@H](C(O)C(=O)C(C)(C)C)O2)c1. The summed E-state index contributed by atoms with van der Waals surface area (Å²) in [6.45, 7) is 6.53. The number of aliphatic hydroxyl groups excluding tert-OH is 1. The first kappa shape index (κ1) is 19.1. The van der Waals surface area contributed by atoms with E-state index in [9.17, 15) is 19.8 Å². The van der Waals surface area contributed by atoms with Crippen molar-refractivity contribution in [3.8, 4) is 0 Å². The molecule has 1 saturated heterocycles. The van der Waals surface area contributed by atoms with E-state index in [1.54, 1.807) is 27.7 Å². The summed E-state index contributed by atoms with van der Waals surface area (Å²) in [5.41, 5.74) is 5.70. The van der Waals surface area contributed by atoms with Crippen LogP contribution in [0.2, 0.25) is 0 Å². The van der Waals surface area contributed by atoms with Gasteiger partial charge in [-0.3, -0.25) is 9.36 Å². The lowest BCUT2D eigenvalue weighted by atomic mass is 9.84. The van der Waals surface area contributed by atoms with Crippen LogP contribution < -0.4 is 5.69 Å². The van der Waals surface area contributed by atoms with E-state index in [1.165, 1.54) is 12.4 Å². The molecule has 1 aliphatic heterocycles. The molecule has 0 bridgehead atoms. The zero-order valence-corrected chi connectivity index (χ0v) is 14.4. The van der Waals surface area contributed by atoms with Crippen LogP contribution >= 0.6 is 0 Å². The molecule has 2 heterocycles. The van der Waals surface area contributed by atoms with Crippen LogP contribution in [0, 0.1) is 12.3 Å². The number of nitrogens with zero attached hydrogens (tertiary/aromatic N) is 5. The lowest BCUT2D eigenvalue weighted by Crippen LogP contribution is -2.50. The molecule has 25 heavy (non-hydrogen) atoms. The van der Waals surface area contributed by atoms with Crippen LogP contribution in [-0.4, -0.2) is 43.5 Å². The van der Waals surface area contributed by atoms with E-state index in [2.05, 4.69) is 15.0 Å². The highest BCUT2D eigenvalue weighted by atomic mass is 16.6. The number of azide groups is 1. The van der Waals surface area contributed by atoms with E-state index < -0.39 is 41.0 Å². The predicted molar refractivity (Wildman–Crippen MR) is 86.3 cm³/mol. The van der Waals surface area contributed by atoms with Gasteiger partial charge in [-0.25, -0.2) is 9.78 Å². The largest absolute Gasteiger partial charge is 0.382 e. The Kier molecular flexibility index (Phi) is 5.01. The number of hydrogen-bond donors (Lipinski definition) is 2. The fraction of sp³-hybridized carbons (Fsp3) is 0.667. The van der Waals surface area contributed by atoms with Gasteiger partial charge < -0.3 is 14.9 Å². The van der Waals surface area contributed by atoms with Crippen molar-refractivity contribution >= 4 is 5.78 Å². The van der Waals surface area contributed by atoms with E-state index in [4.69, 9.17) is 10.3 Å². The van der Waals surface area contributed by atoms with Crippen LogP contribution in [0.15, 0.2) is 22.3 Å². The molecular weight excluding hydrogens is 330 g/mol. The van der Waals surface area contributed by atoms with Gasteiger partial charge in [-0.15, -0.1) is 0 Å². The molecule has 1 aromatic heterocycles. The number of aryl methyl sites for hydroxylation is 1. The highest BCUT2D eigenvalue weighted by Crippen LogP contribution is 2.40. The Morgan fingerprint density at radius 3 is 2.80 bits per heavy atom. The van der Waals surface area contributed by atoms with Gasteiger partial charge in [-0.2, -0.15) is 0 Å². The average Bonchev–Trinajstić information content (AvgIpc) is 2.85. The molecule has 0 radical (unpaired) electrons. The average molecular weight is 351 g/mol. The summed E-state index contributed by atoms with van der Waals surface area (Å²) in [7, 11) is 0. The van der Waals surface area contributed by atoms with E-state index in [0.717, 1.165) is 4.57 Å². The van der Waals surface area contributed by atoms with E-state index in [1.807, 2.05) is 0 Å². The molecule has 0 amide bonds. The molecule has 0 aliphatic carbocycles. The second kappa shape index (κ2) is 6.57. The summed E-state index contributed by atoms with van der Waals surface area (Å²) in [5, 5.41) is 24.3. The van der Waals surface area contributed by atoms with Crippen molar-refractivity contribution in [2.75, 3.05) is 0 Å². The predicted octanol–water partition coefficient (Wildman–Crippen LogP) is 0.814. The van der Waals surface area contributed by atoms with Gasteiger partial charge in [-0.05, 0) is 18.0 Å². The molecule has 1 aromatic rings. The zero-order valence-electron chi connectivity index (χ0n) is 14.4. The van der Waals surface area contributed by atoms with Gasteiger partial charge in [0.25, 0.3) is 0 Å². The van der Waals surface area contributed by atoms with Crippen LogP contribution in [0.5, 0.6) is 0 Å². The maximum absolute atomic E-state index is 12.4. The molecule has 1 aliphatic rings. The van der Waals surface area contributed by atoms with Crippen LogP contribution in [0.3, 0.4) is 0 Å². The molecule has 2 rings (SSSR count). The maximum Gasteiger partial charge on any atom is 0.349 e. The van der Waals surface area contributed by atoms with Crippen LogP contribution in [0.4, 0.5) is 0 Å². The van der Waals surface area contributed by atoms with Crippen molar-refractivity contribution in [1.29, 1.82) is 0 Å². The Labute approximate surface area is 143 Å². The van der Waals surface area contributed by atoms with Crippen LogP contribution in [-0.2, 0) is 9.53 Å². The fourth-order valence-electron chi connectivity index (χ4n) is 2.68. The molecule has 1 fully saturated rings. The molecule has 0 aromatic carbocycles. The van der Waals surface area contributed by atoms with Crippen LogP contribution in [0.1, 0.15) is 39.0 Å². The third-order valence-electron chi connectivity index (χ3n) is 4.00. The zero-order chi connectivity index (χ0) is 19.0. The van der Waals surface area contributed by atoms with Gasteiger partial charge in [0.05, 0.1) is 0 Å². The molecular formula is C15H21N5O5. The first-order valence-electron chi connectivity index (χ1n) is 7.71. The number of Topliss-reactive ketones (excluding diaryl/α,β-unsaturated/α-hetero) is 1. The number of carbonyl (C=O) groups is 1. The number of aliphatic hydroxyl groups is 2. The summed E-state index contributed by atoms with van der Waals surface area (Å²) in [6, 6.07) is 0. The summed E-state index contributed by atoms with van der Waals surface area (Å²) in [4.78, 5) is 30.6. The Bertz CT molecular complexity index is 779. The minimum Gasteiger partial charge on any atom is -0.382 e. The highest BCUT2D eigenvalue weighted by Gasteiger charge is 2.54. The third kappa shape index (κ3) is 3.72. The maximum atomic E-state index is 12.4. The van der Waals surface area contributed by atoms with Gasteiger partial charge in [0.2, 0.25) is 0 Å². The van der Waals surface area contributed by atoms with Gasteiger partial charge in [0.15, 0.2) is 11.5 Å². The quantitative estimate of drug-likeness (QED) is 0.465. The third-order valence-corrected chi connectivity index (χ3v) is 4.00. The topological polar surface area (TPSA) is 150 Å². The van der Waals surface area contributed by atoms with Crippen molar-refractivity contribution < 1.29 is 19.7 Å². The van der Waals surface area contributed by atoms with E-state index in [0.29, 0.717) is 5.56 Å². The molecule has 136 valence electrons. The minimum atomic E-state index is -2.18. The first-order valence-corrected chi connectivity index (χ1v) is 7.71. The Morgan fingerprint density at radius 1 is 1.60 bits per heavy atom. The summed E-state index contributed by atoms with van der Waals surface area (Å²) < 4.78 is 6.69. The Morgan fingerprint density at radius 2 is 2.24 bits per heavy atom. The normalized spacial score (nSPS) is 27.6. The van der Waals surface area contributed by atoms with Crippen molar-refractivity contribution in [2.45, 2.75) is 58.3 Å². The van der Waals surface area contributed by atoms with Gasteiger partial charge >= 0.3 is 5.69 Å². The summed E-state index contributed by atoms with van der Waals surface area (Å²) in [5.74, 6) is -0.584. The smallest absolute Gasteiger partial charge is 0.349 e. The van der Waals surface area contributed by atoms with Crippen LogP contribution in [0.25, 0.3) is 10.4 Å². The monoisotopic (exact) mass is 351 g/mol. The number of aromatic nitrogens is 2. The number of ether oxygens (including phenoxy) is 1. The fourth-order valence-corrected chi connectivity index (χ4v) is 2.68. The number of rotatable bonds is 4. The highest BCUT2D eigenvalue weighted by molar-refractivity contribution is 5.88. The Balaban J connectivity index is 2.42. The summed E-state index contributed by atoms with van der Waals surface area (Å²) in [6.07, 6.45) is -1.73. The lowest BCUT2D eigenvalue weighted by molar-refractivity contribution is -0.156. The van der Waals surface area contributed by atoms with Crippen molar-refractivity contribution in [2.24, 2.45) is 10.5 Å². The molecule has 0 spiro atoms. The van der Waals surface area contributed by atoms with Crippen molar-refractivity contribution in [3.05, 3.63) is 38.9 Å². The minimum absolute atomic E-state index is 0.304. The van der Waals surface area contributed by atoms with Crippen molar-refractivity contribution in [3.63, 3.8) is 0 Å².